The van der Waals surface area contributed by atoms with Crippen LogP contribution in [0.25, 0.3) is 0 Å². The van der Waals surface area contributed by atoms with Crippen molar-refractivity contribution in [2.75, 3.05) is 33.0 Å². The fraction of sp³-hybridized carbons (Fsp3) is 0.316. The maximum Gasteiger partial charge on any atom is 0.231 e. The number of carbonyl (C=O) groups is 1. The molecular formula is C19H21NO5. The van der Waals surface area contributed by atoms with Crippen molar-refractivity contribution in [3.05, 3.63) is 42.0 Å². The summed E-state index contributed by atoms with van der Waals surface area (Å²) in [4.78, 5) is 14.1. The molecule has 6 nitrogen and oxygen atoms in total. The largest absolute Gasteiger partial charge is 0.493 e. The summed E-state index contributed by atoms with van der Waals surface area (Å²) in [5.74, 6) is 2.73. The minimum atomic E-state index is 0.0184. The summed E-state index contributed by atoms with van der Waals surface area (Å²) in [5.41, 5.74) is 1.80. The predicted molar refractivity (Wildman–Crippen MR) is 93.8 cm³/mol. The first-order valence-corrected chi connectivity index (χ1v) is 7.99. The summed E-state index contributed by atoms with van der Waals surface area (Å²) in [7, 11) is 4.91. The summed E-state index contributed by atoms with van der Waals surface area (Å²) >= 11 is 0. The van der Waals surface area contributed by atoms with Gasteiger partial charge in [0, 0.05) is 25.2 Å². The quantitative estimate of drug-likeness (QED) is 0.807. The van der Waals surface area contributed by atoms with Crippen LogP contribution in [0.4, 0.5) is 5.69 Å². The highest BCUT2D eigenvalue weighted by atomic mass is 16.7. The molecule has 3 rings (SSSR count). The number of carbonyl (C=O) groups excluding carboxylic acids is 1. The zero-order valence-corrected chi connectivity index (χ0v) is 14.6. The van der Waals surface area contributed by atoms with E-state index in [2.05, 4.69) is 0 Å². The lowest BCUT2D eigenvalue weighted by atomic mass is 10.1. The molecule has 6 heteroatoms. The Bertz CT molecular complexity index is 774. The monoisotopic (exact) mass is 343 g/mol. The SMILES string of the molecule is COc1ccc(N(C)C(=O)CCc2ccc3c(c2)OCO3)cc1OC. The van der Waals surface area contributed by atoms with Crippen molar-refractivity contribution in [1.29, 1.82) is 0 Å². The van der Waals surface area contributed by atoms with Gasteiger partial charge in [0.05, 0.1) is 14.2 Å². The second-order valence-electron chi connectivity index (χ2n) is 5.68. The summed E-state index contributed by atoms with van der Waals surface area (Å²) in [6.07, 6.45) is 1.03. The molecule has 1 aliphatic rings. The Kier molecular flexibility index (Phi) is 4.97. The molecule has 0 radical (unpaired) electrons. The highest BCUT2D eigenvalue weighted by Crippen LogP contribution is 2.33. The number of hydrogen-bond acceptors (Lipinski definition) is 5. The third-order valence-electron chi connectivity index (χ3n) is 4.19. The van der Waals surface area contributed by atoms with Gasteiger partial charge in [0.2, 0.25) is 12.7 Å². The van der Waals surface area contributed by atoms with Crippen molar-refractivity contribution in [3.63, 3.8) is 0 Å². The molecule has 0 unspecified atom stereocenters. The van der Waals surface area contributed by atoms with Gasteiger partial charge in [-0.2, -0.15) is 0 Å². The number of rotatable bonds is 6. The molecule has 0 fully saturated rings. The van der Waals surface area contributed by atoms with E-state index < -0.39 is 0 Å². The molecule has 1 amide bonds. The van der Waals surface area contributed by atoms with Crippen molar-refractivity contribution >= 4 is 11.6 Å². The number of amides is 1. The molecule has 0 aromatic heterocycles. The summed E-state index contributed by atoms with van der Waals surface area (Å²) in [6, 6.07) is 11.2. The van der Waals surface area contributed by atoms with Crippen LogP contribution in [-0.4, -0.2) is 34.0 Å². The zero-order valence-electron chi connectivity index (χ0n) is 14.6. The average molecular weight is 343 g/mol. The summed E-state index contributed by atoms with van der Waals surface area (Å²) in [6.45, 7) is 0.250. The average Bonchev–Trinajstić information content (AvgIpc) is 3.12. The van der Waals surface area contributed by atoms with Gasteiger partial charge in [-0.1, -0.05) is 6.07 Å². The normalized spacial score (nSPS) is 12.0. The molecule has 0 saturated heterocycles. The number of methoxy groups -OCH3 is 2. The molecule has 0 saturated carbocycles. The van der Waals surface area contributed by atoms with Crippen molar-refractivity contribution in [2.24, 2.45) is 0 Å². The van der Waals surface area contributed by atoms with Crippen LogP contribution in [0.15, 0.2) is 36.4 Å². The Labute approximate surface area is 146 Å². The lowest BCUT2D eigenvalue weighted by molar-refractivity contribution is -0.118. The lowest BCUT2D eigenvalue weighted by Crippen LogP contribution is -2.26. The van der Waals surface area contributed by atoms with Crippen LogP contribution in [0.1, 0.15) is 12.0 Å². The standard InChI is InChI=1S/C19H21NO5/c1-20(14-6-8-15(22-2)17(11-14)23-3)19(21)9-5-13-4-7-16-18(10-13)25-12-24-16/h4,6-8,10-11H,5,9,12H2,1-3H3. The topological polar surface area (TPSA) is 57.2 Å². The Morgan fingerprint density at radius 3 is 2.56 bits per heavy atom. The van der Waals surface area contributed by atoms with Crippen LogP contribution < -0.4 is 23.8 Å². The van der Waals surface area contributed by atoms with Crippen LogP contribution in [0.3, 0.4) is 0 Å². The number of benzene rings is 2. The van der Waals surface area contributed by atoms with Crippen molar-refractivity contribution in [2.45, 2.75) is 12.8 Å². The van der Waals surface area contributed by atoms with Crippen LogP contribution in [0.5, 0.6) is 23.0 Å². The minimum Gasteiger partial charge on any atom is -0.493 e. The number of fused-ring (bicyclic) bond motifs is 1. The zero-order chi connectivity index (χ0) is 17.8. The lowest BCUT2D eigenvalue weighted by Gasteiger charge is -2.19. The maximum absolute atomic E-state index is 12.5. The fourth-order valence-corrected chi connectivity index (χ4v) is 2.69. The predicted octanol–water partition coefficient (Wildman–Crippen LogP) is 3.03. The first kappa shape index (κ1) is 17.0. The first-order chi connectivity index (χ1) is 12.1. The van der Waals surface area contributed by atoms with Crippen molar-refractivity contribution in [3.8, 4) is 23.0 Å². The molecular weight excluding hydrogens is 322 g/mol. The molecule has 0 N–H and O–H groups in total. The van der Waals surface area contributed by atoms with Gasteiger partial charge in [-0.3, -0.25) is 4.79 Å². The molecule has 2 aromatic rings. The number of aryl methyl sites for hydroxylation is 1. The fourth-order valence-electron chi connectivity index (χ4n) is 2.69. The Morgan fingerprint density at radius 1 is 1.04 bits per heavy atom. The molecule has 132 valence electrons. The molecule has 2 aromatic carbocycles. The number of nitrogens with zero attached hydrogens (tertiary/aromatic N) is 1. The second-order valence-corrected chi connectivity index (χ2v) is 5.68. The van der Waals surface area contributed by atoms with Crippen LogP contribution >= 0.6 is 0 Å². The number of anilines is 1. The third-order valence-corrected chi connectivity index (χ3v) is 4.19. The van der Waals surface area contributed by atoms with Gasteiger partial charge < -0.3 is 23.8 Å². The van der Waals surface area contributed by atoms with Crippen molar-refractivity contribution in [1.82, 2.24) is 0 Å². The van der Waals surface area contributed by atoms with Gasteiger partial charge >= 0.3 is 0 Å². The highest BCUT2D eigenvalue weighted by molar-refractivity contribution is 5.93. The molecule has 1 heterocycles. The van der Waals surface area contributed by atoms with Gasteiger partial charge in [-0.05, 0) is 36.2 Å². The van der Waals surface area contributed by atoms with E-state index in [4.69, 9.17) is 18.9 Å². The van der Waals surface area contributed by atoms with Crippen LogP contribution in [0, 0.1) is 0 Å². The Hall–Kier alpha value is -2.89. The molecule has 0 aliphatic carbocycles. The maximum atomic E-state index is 12.5. The van der Waals surface area contributed by atoms with E-state index in [9.17, 15) is 4.79 Å². The number of hydrogen-bond donors (Lipinski definition) is 0. The van der Waals surface area contributed by atoms with E-state index in [0.717, 1.165) is 22.7 Å². The second kappa shape index (κ2) is 7.34. The van der Waals surface area contributed by atoms with E-state index in [1.165, 1.54) is 0 Å². The van der Waals surface area contributed by atoms with Crippen molar-refractivity contribution < 1.29 is 23.7 Å². The molecule has 0 bridgehead atoms. The summed E-state index contributed by atoms with van der Waals surface area (Å²) < 4.78 is 21.2. The number of ether oxygens (including phenoxy) is 4. The molecule has 25 heavy (non-hydrogen) atoms. The van der Waals surface area contributed by atoms with Gasteiger partial charge in [0.25, 0.3) is 0 Å². The van der Waals surface area contributed by atoms with E-state index in [-0.39, 0.29) is 12.7 Å². The Balaban J connectivity index is 1.64. The molecule has 0 spiro atoms. The highest BCUT2D eigenvalue weighted by Gasteiger charge is 2.16. The third kappa shape index (κ3) is 3.63. The minimum absolute atomic E-state index is 0.0184. The van der Waals surface area contributed by atoms with Crippen LogP contribution in [0.2, 0.25) is 0 Å². The van der Waals surface area contributed by atoms with E-state index in [1.54, 1.807) is 38.3 Å². The van der Waals surface area contributed by atoms with Gasteiger partial charge in [0.15, 0.2) is 23.0 Å². The van der Waals surface area contributed by atoms with Gasteiger partial charge in [0.1, 0.15) is 0 Å². The van der Waals surface area contributed by atoms with E-state index in [0.29, 0.717) is 24.3 Å². The molecule has 1 aliphatic heterocycles. The smallest absolute Gasteiger partial charge is 0.231 e. The van der Waals surface area contributed by atoms with E-state index in [1.807, 2.05) is 24.3 Å². The van der Waals surface area contributed by atoms with Crippen LogP contribution in [-0.2, 0) is 11.2 Å². The first-order valence-electron chi connectivity index (χ1n) is 7.99. The summed E-state index contributed by atoms with van der Waals surface area (Å²) in [5, 5.41) is 0. The van der Waals surface area contributed by atoms with Gasteiger partial charge in [-0.15, -0.1) is 0 Å². The van der Waals surface area contributed by atoms with E-state index >= 15 is 0 Å². The molecule has 0 atom stereocenters. The van der Waals surface area contributed by atoms with Gasteiger partial charge in [-0.25, -0.2) is 0 Å². The Morgan fingerprint density at radius 2 is 1.80 bits per heavy atom.